The van der Waals surface area contributed by atoms with Crippen molar-refractivity contribution in [2.45, 2.75) is 0 Å². The average Bonchev–Trinajstić information content (AvgIpc) is 2.07. The van der Waals surface area contributed by atoms with E-state index in [2.05, 4.69) is 4.79 Å². The Hall–Kier alpha value is -1.93. The molecule has 0 unspecified atom stereocenters. The monoisotopic (exact) mass is 163 g/mol. The largest absolute Gasteiger partial charge is 0.472 e. The number of carbonyl (C=O) groups is 1. The molecule has 0 bridgehead atoms. The van der Waals surface area contributed by atoms with Crippen molar-refractivity contribution in [2.75, 3.05) is 0 Å². The van der Waals surface area contributed by atoms with Gasteiger partial charge >= 0.3 is 11.7 Å². The highest BCUT2D eigenvalue weighted by Gasteiger charge is 2.23. The highest BCUT2D eigenvalue weighted by Crippen LogP contribution is 1.98. The van der Waals surface area contributed by atoms with Crippen LogP contribution in [-0.2, 0) is 4.79 Å². The minimum atomic E-state index is -1.18. The van der Waals surface area contributed by atoms with Gasteiger partial charge in [-0.2, -0.15) is 0 Å². The molecule has 0 aliphatic heterocycles. The molecule has 0 saturated carbocycles. The molecule has 1 rings (SSSR count). The summed E-state index contributed by atoms with van der Waals surface area (Å²) < 4.78 is 0. The zero-order valence-electron chi connectivity index (χ0n) is 6.19. The van der Waals surface area contributed by atoms with E-state index >= 15 is 0 Å². The first-order valence-corrected chi connectivity index (χ1v) is 3.29. The molecular weight excluding hydrogens is 156 g/mol. The predicted octanol–water partition coefficient (Wildman–Crippen LogP) is 0.799. The second-order valence-electron chi connectivity index (χ2n) is 2.13. The molecule has 12 heavy (non-hydrogen) atoms. The molecule has 0 atom stereocenters. The lowest BCUT2D eigenvalue weighted by Crippen LogP contribution is -2.15. The maximum atomic E-state index is 10.5. The van der Waals surface area contributed by atoms with Crippen LogP contribution in [0.2, 0.25) is 0 Å². The van der Waals surface area contributed by atoms with Gasteiger partial charge in [0, 0.05) is 0 Å². The molecule has 4 nitrogen and oxygen atoms in total. The Kier molecular flexibility index (Phi) is 2.35. The SMILES string of the molecule is N=[N+]=C(C(=O)O)c1ccccc1. The fourth-order valence-corrected chi connectivity index (χ4v) is 0.832. The molecule has 0 aromatic heterocycles. The van der Waals surface area contributed by atoms with Crippen molar-refractivity contribution in [2.24, 2.45) is 0 Å². The van der Waals surface area contributed by atoms with Crippen molar-refractivity contribution in [1.82, 2.24) is 0 Å². The minimum Gasteiger partial charge on any atom is -0.472 e. The van der Waals surface area contributed by atoms with Crippen molar-refractivity contribution in [3.05, 3.63) is 35.9 Å². The highest BCUT2D eigenvalue weighted by atomic mass is 16.4. The molecule has 0 aliphatic rings. The van der Waals surface area contributed by atoms with Crippen LogP contribution < -0.4 is 0 Å². The molecule has 60 valence electrons. The lowest BCUT2D eigenvalue weighted by molar-refractivity contribution is -0.147. The molecule has 0 spiro atoms. The maximum Gasteiger partial charge on any atom is 0.455 e. The van der Waals surface area contributed by atoms with Crippen LogP contribution in [0, 0.1) is 5.53 Å². The second kappa shape index (κ2) is 3.46. The predicted molar refractivity (Wildman–Crippen MR) is 41.2 cm³/mol. The summed E-state index contributed by atoms with van der Waals surface area (Å²) in [4.78, 5) is 13.4. The number of nitrogens with zero attached hydrogens (tertiary/aromatic N) is 1. The quantitative estimate of drug-likeness (QED) is 0.384. The van der Waals surface area contributed by atoms with Crippen LogP contribution >= 0.6 is 0 Å². The van der Waals surface area contributed by atoms with Gasteiger partial charge in [0.25, 0.3) is 0 Å². The maximum absolute atomic E-state index is 10.5. The van der Waals surface area contributed by atoms with Gasteiger partial charge in [0.1, 0.15) is 0 Å². The Labute approximate surface area is 68.7 Å². The topological polar surface area (TPSA) is 75.2 Å². The zero-order chi connectivity index (χ0) is 8.97. The molecule has 0 aliphatic carbocycles. The van der Waals surface area contributed by atoms with Crippen LogP contribution in [-0.4, -0.2) is 21.6 Å². The average molecular weight is 163 g/mol. The van der Waals surface area contributed by atoms with Gasteiger partial charge in [-0.25, -0.2) is 4.79 Å². The Morgan fingerprint density at radius 1 is 1.33 bits per heavy atom. The normalized spacial score (nSPS) is 8.67. The number of benzene rings is 1. The van der Waals surface area contributed by atoms with Crippen LogP contribution in [0.5, 0.6) is 0 Å². The van der Waals surface area contributed by atoms with E-state index in [-0.39, 0.29) is 5.71 Å². The Morgan fingerprint density at radius 2 is 1.92 bits per heavy atom. The first-order chi connectivity index (χ1) is 5.75. The van der Waals surface area contributed by atoms with Gasteiger partial charge in [-0.15, -0.1) is 0 Å². The van der Waals surface area contributed by atoms with Gasteiger partial charge in [-0.1, -0.05) is 18.2 Å². The number of nitrogens with one attached hydrogen (secondary N) is 1. The molecule has 0 radical (unpaired) electrons. The summed E-state index contributed by atoms with van der Waals surface area (Å²) in [6.07, 6.45) is 0. The standard InChI is InChI=1S/C8H6N2O2/c9-10-7(8(11)12)6-4-2-1-3-5-6/h1-5,9H/p+1. The molecule has 0 heterocycles. The van der Waals surface area contributed by atoms with E-state index in [1.807, 2.05) is 0 Å². The van der Waals surface area contributed by atoms with Crippen molar-refractivity contribution < 1.29 is 14.7 Å². The van der Waals surface area contributed by atoms with Crippen molar-refractivity contribution in [1.29, 1.82) is 5.53 Å². The van der Waals surface area contributed by atoms with E-state index in [0.29, 0.717) is 5.56 Å². The molecule has 2 N–H and O–H groups in total. The molecule has 0 fully saturated rings. The number of hydrogen-bond donors (Lipinski definition) is 2. The number of aliphatic carboxylic acids is 1. The summed E-state index contributed by atoms with van der Waals surface area (Å²) in [5.74, 6) is -1.18. The van der Waals surface area contributed by atoms with Crippen molar-refractivity contribution in [3.8, 4) is 0 Å². The van der Waals surface area contributed by atoms with Gasteiger partial charge in [-0.05, 0) is 12.1 Å². The minimum absolute atomic E-state index is 0.240. The second-order valence-corrected chi connectivity index (χ2v) is 2.13. The number of rotatable bonds is 2. The molecule has 1 aromatic rings. The van der Waals surface area contributed by atoms with E-state index < -0.39 is 5.97 Å². The first kappa shape index (κ1) is 8.17. The lowest BCUT2D eigenvalue weighted by Gasteiger charge is -1.86. The van der Waals surface area contributed by atoms with Gasteiger partial charge < -0.3 is 5.11 Å². The fourth-order valence-electron chi connectivity index (χ4n) is 0.832. The van der Waals surface area contributed by atoms with E-state index in [1.165, 1.54) is 0 Å². The van der Waals surface area contributed by atoms with Gasteiger partial charge in [0.2, 0.25) is 0 Å². The molecular formula is C8H7N2O2+. The summed E-state index contributed by atoms with van der Waals surface area (Å²) in [5, 5.41) is 8.58. The molecule has 1 aromatic carbocycles. The third kappa shape index (κ3) is 1.56. The Bertz CT molecular complexity index is 339. The number of hydrogen-bond acceptors (Lipinski definition) is 2. The van der Waals surface area contributed by atoms with Crippen LogP contribution in [0.15, 0.2) is 30.3 Å². The fraction of sp³-hybridized carbons (Fsp3) is 0. The van der Waals surface area contributed by atoms with Crippen LogP contribution in [0.3, 0.4) is 0 Å². The van der Waals surface area contributed by atoms with E-state index in [1.54, 1.807) is 30.3 Å². The van der Waals surface area contributed by atoms with E-state index in [9.17, 15) is 4.79 Å². The van der Waals surface area contributed by atoms with Gasteiger partial charge in [0.15, 0.2) is 0 Å². The lowest BCUT2D eigenvalue weighted by atomic mass is 10.1. The van der Waals surface area contributed by atoms with Crippen molar-refractivity contribution >= 4 is 11.7 Å². The van der Waals surface area contributed by atoms with Crippen molar-refractivity contribution in [3.63, 3.8) is 0 Å². The summed E-state index contributed by atoms with van der Waals surface area (Å²) in [6.45, 7) is 0. The van der Waals surface area contributed by atoms with Gasteiger partial charge in [0.05, 0.1) is 15.9 Å². The van der Waals surface area contributed by atoms with E-state index in [4.69, 9.17) is 10.6 Å². The zero-order valence-corrected chi connectivity index (χ0v) is 6.19. The third-order valence-electron chi connectivity index (χ3n) is 1.36. The highest BCUT2D eigenvalue weighted by molar-refractivity contribution is 6.39. The van der Waals surface area contributed by atoms with Crippen LogP contribution in [0.4, 0.5) is 0 Å². The van der Waals surface area contributed by atoms with E-state index in [0.717, 1.165) is 0 Å². The van der Waals surface area contributed by atoms with Crippen LogP contribution in [0.25, 0.3) is 0 Å². The smallest absolute Gasteiger partial charge is 0.455 e. The van der Waals surface area contributed by atoms with Crippen LogP contribution in [0.1, 0.15) is 5.56 Å². The van der Waals surface area contributed by atoms with Gasteiger partial charge in [-0.3, -0.25) is 0 Å². The summed E-state index contributed by atoms with van der Waals surface area (Å²) in [6, 6.07) is 8.36. The first-order valence-electron chi connectivity index (χ1n) is 3.29. The summed E-state index contributed by atoms with van der Waals surface area (Å²) >= 11 is 0. The number of carboxylic acids is 1. The molecule has 4 heteroatoms. The Morgan fingerprint density at radius 3 is 2.33 bits per heavy atom. The number of carboxylic acid groups (broad SMARTS) is 1. The summed E-state index contributed by atoms with van der Waals surface area (Å²) in [5.41, 5.74) is 6.84. The Balaban J connectivity index is 3.14. The third-order valence-corrected chi connectivity index (χ3v) is 1.36. The molecule has 0 amide bonds. The summed E-state index contributed by atoms with van der Waals surface area (Å²) in [7, 11) is 0. The molecule has 0 saturated heterocycles.